The van der Waals surface area contributed by atoms with Gasteiger partial charge in [-0.3, -0.25) is 4.99 Å². The third kappa shape index (κ3) is 6.13. The maximum absolute atomic E-state index is 12.1. The summed E-state index contributed by atoms with van der Waals surface area (Å²) in [7, 11) is -1.64. The minimum atomic E-state index is -3.38. The van der Waals surface area contributed by atoms with E-state index in [0.717, 1.165) is 37.3 Å². The van der Waals surface area contributed by atoms with Gasteiger partial charge in [0, 0.05) is 26.2 Å². The Bertz CT molecular complexity index is 650. The Morgan fingerprint density at radius 3 is 2.42 bits per heavy atom. The van der Waals surface area contributed by atoms with E-state index in [1.165, 1.54) is 0 Å². The summed E-state index contributed by atoms with van der Waals surface area (Å²) in [6.07, 6.45) is 2.95. The molecule has 0 spiro atoms. The predicted molar refractivity (Wildman–Crippen MR) is 97.4 cm³/mol. The Hall–Kier alpha value is -1.60. The Labute approximate surface area is 145 Å². The average molecular weight is 353 g/mol. The number of guanidine groups is 1. The molecule has 1 aliphatic carbocycles. The third-order valence-electron chi connectivity index (χ3n) is 3.83. The van der Waals surface area contributed by atoms with Crippen LogP contribution in [0.3, 0.4) is 0 Å². The molecule has 1 aromatic rings. The summed E-state index contributed by atoms with van der Waals surface area (Å²) in [6.45, 7) is 5.84. The van der Waals surface area contributed by atoms with Crippen molar-refractivity contribution in [2.45, 2.75) is 50.6 Å². The average Bonchev–Trinajstić information content (AvgIpc) is 3.34. The van der Waals surface area contributed by atoms with Crippen molar-refractivity contribution < 1.29 is 8.42 Å². The number of rotatable bonds is 8. The molecule has 2 rings (SSSR count). The van der Waals surface area contributed by atoms with E-state index in [4.69, 9.17) is 0 Å². The van der Waals surface area contributed by atoms with Crippen LogP contribution in [0.15, 0.2) is 34.2 Å². The van der Waals surface area contributed by atoms with Gasteiger partial charge in [-0.1, -0.05) is 26.0 Å². The number of aliphatic imine (C=N–C) groups is 1. The largest absolute Gasteiger partial charge is 0.356 e. The zero-order valence-electron chi connectivity index (χ0n) is 14.7. The van der Waals surface area contributed by atoms with Gasteiger partial charge in [0.05, 0.1) is 4.90 Å². The van der Waals surface area contributed by atoms with E-state index < -0.39 is 10.0 Å². The van der Waals surface area contributed by atoms with Crippen LogP contribution >= 0.6 is 0 Å². The second kappa shape index (κ2) is 8.48. The quantitative estimate of drug-likeness (QED) is 0.492. The number of sulfonamides is 1. The van der Waals surface area contributed by atoms with E-state index in [1.54, 1.807) is 19.2 Å². The Kier molecular flexibility index (Phi) is 6.62. The molecule has 0 aliphatic heterocycles. The minimum absolute atomic E-state index is 0.122. The van der Waals surface area contributed by atoms with Gasteiger partial charge in [0.2, 0.25) is 10.0 Å². The molecule has 1 saturated carbocycles. The first kappa shape index (κ1) is 18.7. The van der Waals surface area contributed by atoms with Crippen LogP contribution in [0.5, 0.6) is 0 Å². The minimum Gasteiger partial charge on any atom is -0.356 e. The van der Waals surface area contributed by atoms with Gasteiger partial charge in [-0.2, -0.15) is 0 Å². The molecule has 0 unspecified atom stereocenters. The molecule has 1 aromatic carbocycles. The molecule has 24 heavy (non-hydrogen) atoms. The van der Waals surface area contributed by atoms with E-state index in [9.17, 15) is 8.42 Å². The van der Waals surface area contributed by atoms with Crippen molar-refractivity contribution in [1.29, 1.82) is 0 Å². The normalized spacial score (nSPS) is 15.6. The standard InChI is InChI=1S/C17H28N4O2S/c1-13(2)10-11-19-17(18-3)20-12-14-4-8-16(9-5-14)24(22,23)21-15-6-7-15/h4-5,8-9,13,15,21H,6-7,10-12H2,1-3H3,(H2,18,19,20). The fourth-order valence-electron chi connectivity index (χ4n) is 2.16. The number of hydrogen-bond donors (Lipinski definition) is 3. The Balaban J connectivity index is 1.84. The second-order valence-electron chi connectivity index (χ2n) is 6.57. The molecule has 0 atom stereocenters. The maximum atomic E-state index is 12.1. The summed E-state index contributed by atoms with van der Waals surface area (Å²) in [5.74, 6) is 1.40. The van der Waals surface area contributed by atoms with Crippen molar-refractivity contribution in [2.75, 3.05) is 13.6 Å². The first-order chi connectivity index (χ1) is 11.4. The van der Waals surface area contributed by atoms with Crippen LogP contribution in [-0.4, -0.2) is 34.0 Å². The van der Waals surface area contributed by atoms with Crippen molar-refractivity contribution in [3.63, 3.8) is 0 Å². The van der Waals surface area contributed by atoms with Gasteiger partial charge in [-0.25, -0.2) is 13.1 Å². The Morgan fingerprint density at radius 2 is 1.88 bits per heavy atom. The molecular weight excluding hydrogens is 324 g/mol. The predicted octanol–water partition coefficient (Wildman–Crippen LogP) is 1.84. The molecule has 0 amide bonds. The summed E-state index contributed by atoms with van der Waals surface area (Å²) >= 11 is 0. The van der Waals surface area contributed by atoms with Crippen LogP contribution in [0, 0.1) is 5.92 Å². The highest BCUT2D eigenvalue weighted by Gasteiger charge is 2.27. The smallest absolute Gasteiger partial charge is 0.240 e. The van der Waals surface area contributed by atoms with Gasteiger partial charge in [-0.15, -0.1) is 0 Å². The highest BCUT2D eigenvalue weighted by Crippen LogP contribution is 2.22. The first-order valence-electron chi connectivity index (χ1n) is 8.46. The SMILES string of the molecule is CN=C(NCCC(C)C)NCc1ccc(S(=O)(=O)NC2CC2)cc1. The number of hydrogen-bond acceptors (Lipinski definition) is 3. The molecule has 3 N–H and O–H groups in total. The monoisotopic (exact) mass is 352 g/mol. The van der Waals surface area contributed by atoms with Crippen LogP contribution in [0.2, 0.25) is 0 Å². The summed E-state index contributed by atoms with van der Waals surface area (Å²) in [5.41, 5.74) is 1.01. The Morgan fingerprint density at radius 1 is 1.21 bits per heavy atom. The zero-order chi connectivity index (χ0) is 17.6. The van der Waals surface area contributed by atoms with Gasteiger partial charge < -0.3 is 10.6 Å². The van der Waals surface area contributed by atoms with Crippen molar-refractivity contribution in [3.05, 3.63) is 29.8 Å². The van der Waals surface area contributed by atoms with Crippen molar-refractivity contribution in [2.24, 2.45) is 10.9 Å². The van der Waals surface area contributed by atoms with E-state index in [1.807, 2.05) is 12.1 Å². The molecule has 134 valence electrons. The van der Waals surface area contributed by atoms with Crippen LogP contribution in [0.4, 0.5) is 0 Å². The van der Waals surface area contributed by atoms with Gasteiger partial charge in [0.1, 0.15) is 0 Å². The lowest BCUT2D eigenvalue weighted by Crippen LogP contribution is -2.37. The lowest BCUT2D eigenvalue weighted by atomic mass is 10.1. The molecule has 6 nitrogen and oxygen atoms in total. The van der Waals surface area contributed by atoms with Crippen molar-refractivity contribution in [3.8, 4) is 0 Å². The molecule has 0 aromatic heterocycles. The van der Waals surface area contributed by atoms with Crippen LogP contribution in [0.25, 0.3) is 0 Å². The fraction of sp³-hybridized carbons (Fsp3) is 0.588. The van der Waals surface area contributed by atoms with Crippen LogP contribution < -0.4 is 15.4 Å². The van der Waals surface area contributed by atoms with Gasteiger partial charge >= 0.3 is 0 Å². The molecule has 0 radical (unpaired) electrons. The first-order valence-corrected chi connectivity index (χ1v) is 9.95. The molecule has 0 heterocycles. The molecular formula is C17H28N4O2S. The van der Waals surface area contributed by atoms with Crippen molar-refractivity contribution in [1.82, 2.24) is 15.4 Å². The third-order valence-corrected chi connectivity index (χ3v) is 5.37. The molecule has 0 bridgehead atoms. The molecule has 1 aliphatic rings. The summed E-state index contributed by atoms with van der Waals surface area (Å²) in [6, 6.07) is 7.08. The molecule has 7 heteroatoms. The van der Waals surface area contributed by atoms with Gasteiger partial charge in [0.15, 0.2) is 5.96 Å². The van der Waals surface area contributed by atoms with E-state index in [-0.39, 0.29) is 6.04 Å². The van der Waals surface area contributed by atoms with Gasteiger partial charge in [0.25, 0.3) is 0 Å². The van der Waals surface area contributed by atoms with Crippen LogP contribution in [-0.2, 0) is 16.6 Å². The lowest BCUT2D eigenvalue weighted by molar-refractivity contribution is 0.573. The molecule has 1 fully saturated rings. The summed E-state index contributed by atoms with van der Waals surface area (Å²) in [5, 5.41) is 6.50. The summed E-state index contributed by atoms with van der Waals surface area (Å²) in [4.78, 5) is 4.50. The maximum Gasteiger partial charge on any atom is 0.240 e. The van der Waals surface area contributed by atoms with E-state index in [2.05, 4.69) is 34.2 Å². The molecule has 0 saturated heterocycles. The fourth-order valence-corrected chi connectivity index (χ4v) is 3.47. The lowest BCUT2D eigenvalue weighted by Gasteiger charge is -2.13. The highest BCUT2D eigenvalue weighted by molar-refractivity contribution is 7.89. The topological polar surface area (TPSA) is 82.6 Å². The van der Waals surface area contributed by atoms with Crippen LogP contribution in [0.1, 0.15) is 38.7 Å². The van der Waals surface area contributed by atoms with E-state index in [0.29, 0.717) is 17.4 Å². The number of nitrogens with zero attached hydrogens (tertiary/aromatic N) is 1. The van der Waals surface area contributed by atoms with E-state index >= 15 is 0 Å². The van der Waals surface area contributed by atoms with Crippen molar-refractivity contribution >= 4 is 16.0 Å². The number of benzene rings is 1. The summed E-state index contributed by atoms with van der Waals surface area (Å²) < 4.78 is 26.9. The number of nitrogens with one attached hydrogen (secondary N) is 3. The zero-order valence-corrected chi connectivity index (χ0v) is 15.5. The second-order valence-corrected chi connectivity index (χ2v) is 8.29. The highest BCUT2D eigenvalue weighted by atomic mass is 32.2. The van der Waals surface area contributed by atoms with Gasteiger partial charge in [-0.05, 0) is 42.9 Å².